The van der Waals surface area contributed by atoms with Crippen LogP contribution in [0, 0.1) is 0 Å². The molecule has 1 spiro atoms. The average molecular weight is 348 g/mol. The predicted octanol–water partition coefficient (Wildman–Crippen LogP) is 4.17. The Morgan fingerprint density at radius 1 is 1.21 bits per heavy atom. The van der Waals surface area contributed by atoms with Gasteiger partial charge in [0.15, 0.2) is 0 Å². The third-order valence-corrected chi connectivity index (χ3v) is 7.04. The monoisotopic (exact) mass is 347 g/mol. The predicted molar refractivity (Wildman–Crippen MR) is 99.6 cm³/mol. The van der Waals surface area contributed by atoms with Crippen LogP contribution in [0.15, 0.2) is 18.2 Å². The summed E-state index contributed by atoms with van der Waals surface area (Å²) in [6, 6.07) is 7.16. The van der Waals surface area contributed by atoms with Gasteiger partial charge in [0.05, 0.1) is 18.2 Å². The fourth-order valence-corrected chi connectivity index (χ4v) is 4.63. The van der Waals surface area contributed by atoms with Crippen LogP contribution in [0.4, 0.5) is 5.69 Å². The zero-order valence-corrected chi connectivity index (χ0v) is 16.4. The SMILES string of the molecule is COc1ccc2c(c1)N(COCC[Si](C)(C)C)C(=O)C21CCCC1. The number of nitrogens with zero attached hydrogens (tertiary/aromatic N) is 1. The van der Waals surface area contributed by atoms with Gasteiger partial charge in [-0.15, -0.1) is 0 Å². The molecule has 2 aliphatic rings. The summed E-state index contributed by atoms with van der Waals surface area (Å²) in [6.07, 6.45) is 4.16. The van der Waals surface area contributed by atoms with Crippen LogP contribution in [-0.2, 0) is 14.9 Å². The molecular formula is C19H29NO3Si. The topological polar surface area (TPSA) is 38.8 Å². The molecule has 0 bridgehead atoms. The Kier molecular flexibility index (Phi) is 4.75. The molecule has 4 nitrogen and oxygen atoms in total. The molecule has 1 saturated carbocycles. The minimum Gasteiger partial charge on any atom is -0.497 e. The fourth-order valence-electron chi connectivity index (χ4n) is 3.87. The van der Waals surface area contributed by atoms with Gasteiger partial charge < -0.3 is 9.47 Å². The molecule has 0 aromatic heterocycles. The van der Waals surface area contributed by atoms with E-state index < -0.39 is 8.07 Å². The summed E-state index contributed by atoms with van der Waals surface area (Å²) in [5.41, 5.74) is 1.83. The quantitative estimate of drug-likeness (QED) is 0.573. The van der Waals surface area contributed by atoms with Crippen LogP contribution < -0.4 is 9.64 Å². The molecule has 1 heterocycles. The average Bonchev–Trinajstić information content (AvgIpc) is 3.10. The molecule has 3 rings (SSSR count). The van der Waals surface area contributed by atoms with Gasteiger partial charge in [0.2, 0.25) is 5.91 Å². The van der Waals surface area contributed by atoms with Crippen LogP contribution >= 0.6 is 0 Å². The highest BCUT2D eigenvalue weighted by atomic mass is 28.3. The van der Waals surface area contributed by atoms with E-state index in [1.807, 2.05) is 17.0 Å². The van der Waals surface area contributed by atoms with E-state index in [1.165, 1.54) is 5.56 Å². The first-order chi connectivity index (χ1) is 11.4. The molecule has 1 aromatic rings. The van der Waals surface area contributed by atoms with E-state index in [0.29, 0.717) is 6.73 Å². The number of hydrogen-bond donors (Lipinski definition) is 0. The lowest BCUT2D eigenvalue weighted by atomic mass is 9.80. The molecule has 0 N–H and O–H groups in total. The third kappa shape index (κ3) is 3.11. The van der Waals surface area contributed by atoms with Gasteiger partial charge in [-0.25, -0.2) is 0 Å². The molecule has 0 unspecified atom stereocenters. The highest BCUT2D eigenvalue weighted by molar-refractivity contribution is 6.76. The molecule has 0 radical (unpaired) electrons. The number of anilines is 1. The highest BCUT2D eigenvalue weighted by Crippen LogP contribution is 2.52. The van der Waals surface area contributed by atoms with E-state index in [1.54, 1.807) is 7.11 Å². The van der Waals surface area contributed by atoms with E-state index in [9.17, 15) is 4.79 Å². The largest absolute Gasteiger partial charge is 0.497 e. The van der Waals surface area contributed by atoms with Crippen molar-refractivity contribution in [1.82, 2.24) is 0 Å². The number of benzene rings is 1. The van der Waals surface area contributed by atoms with Crippen molar-refractivity contribution >= 4 is 19.7 Å². The molecule has 1 aromatic carbocycles. The van der Waals surface area contributed by atoms with Crippen molar-refractivity contribution in [2.24, 2.45) is 0 Å². The number of carbonyl (C=O) groups is 1. The lowest BCUT2D eigenvalue weighted by molar-refractivity contribution is -0.124. The van der Waals surface area contributed by atoms with Crippen LogP contribution in [0.3, 0.4) is 0 Å². The molecule has 1 amide bonds. The third-order valence-electron chi connectivity index (χ3n) is 5.34. The maximum Gasteiger partial charge on any atom is 0.239 e. The number of methoxy groups -OCH3 is 1. The first kappa shape index (κ1) is 17.5. The maximum atomic E-state index is 13.2. The number of ether oxygens (including phenoxy) is 2. The first-order valence-corrected chi connectivity index (χ1v) is 12.7. The molecule has 1 fully saturated rings. The lowest BCUT2D eigenvalue weighted by Crippen LogP contribution is -2.39. The normalized spacial score (nSPS) is 19.2. The minimum atomic E-state index is -1.12. The van der Waals surface area contributed by atoms with Gasteiger partial charge in [-0.3, -0.25) is 9.69 Å². The summed E-state index contributed by atoms with van der Waals surface area (Å²) in [7, 11) is 0.547. The summed E-state index contributed by atoms with van der Waals surface area (Å²) in [6.45, 7) is 8.10. The number of fused-ring (bicyclic) bond motifs is 2. The highest BCUT2D eigenvalue weighted by Gasteiger charge is 2.52. The van der Waals surface area contributed by atoms with Gasteiger partial charge in [0, 0.05) is 20.7 Å². The Labute approximate surface area is 146 Å². The van der Waals surface area contributed by atoms with E-state index in [4.69, 9.17) is 9.47 Å². The van der Waals surface area contributed by atoms with Crippen molar-refractivity contribution in [2.75, 3.05) is 25.3 Å². The molecular weight excluding hydrogens is 318 g/mol. The van der Waals surface area contributed by atoms with Crippen LogP contribution in [0.5, 0.6) is 5.75 Å². The van der Waals surface area contributed by atoms with Crippen molar-refractivity contribution in [3.05, 3.63) is 23.8 Å². The summed E-state index contributed by atoms with van der Waals surface area (Å²) in [5.74, 6) is 1.01. The Balaban J connectivity index is 1.81. The summed E-state index contributed by atoms with van der Waals surface area (Å²) in [4.78, 5) is 15.0. The molecule has 24 heavy (non-hydrogen) atoms. The zero-order valence-electron chi connectivity index (χ0n) is 15.4. The van der Waals surface area contributed by atoms with Crippen molar-refractivity contribution < 1.29 is 14.3 Å². The van der Waals surface area contributed by atoms with Crippen molar-refractivity contribution in [2.45, 2.75) is 56.8 Å². The standard InChI is InChI=1S/C19H29NO3Si/c1-22-15-7-8-16-17(13-15)20(14-23-11-12-24(2,3)4)18(21)19(16)9-5-6-10-19/h7-8,13H,5-6,9-12,14H2,1-4H3. The Bertz CT molecular complexity index is 618. The van der Waals surface area contributed by atoms with Gasteiger partial charge in [-0.2, -0.15) is 0 Å². The van der Waals surface area contributed by atoms with E-state index >= 15 is 0 Å². The van der Waals surface area contributed by atoms with Gasteiger partial charge in [-0.05, 0) is 30.5 Å². The number of amides is 1. The second-order valence-corrected chi connectivity index (χ2v) is 13.9. The molecule has 0 saturated heterocycles. The van der Waals surface area contributed by atoms with Gasteiger partial charge in [-0.1, -0.05) is 38.5 Å². The molecule has 1 aliphatic carbocycles. The van der Waals surface area contributed by atoms with Crippen LogP contribution in [0.2, 0.25) is 25.7 Å². The summed E-state index contributed by atoms with van der Waals surface area (Å²) >= 11 is 0. The Morgan fingerprint density at radius 3 is 2.54 bits per heavy atom. The minimum absolute atomic E-state index is 0.219. The van der Waals surface area contributed by atoms with Crippen molar-refractivity contribution in [3.8, 4) is 5.75 Å². The van der Waals surface area contributed by atoms with Crippen LogP contribution in [-0.4, -0.2) is 34.4 Å². The lowest BCUT2D eigenvalue weighted by Gasteiger charge is -2.24. The van der Waals surface area contributed by atoms with Crippen molar-refractivity contribution in [3.63, 3.8) is 0 Å². The number of rotatable bonds is 6. The Morgan fingerprint density at radius 2 is 1.92 bits per heavy atom. The second kappa shape index (κ2) is 6.52. The second-order valence-electron chi connectivity index (χ2n) is 8.25. The van der Waals surface area contributed by atoms with Gasteiger partial charge in [0.25, 0.3) is 0 Å². The Hall–Kier alpha value is -1.33. The maximum absolute atomic E-state index is 13.2. The van der Waals surface area contributed by atoms with Crippen molar-refractivity contribution in [1.29, 1.82) is 0 Å². The van der Waals surface area contributed by atoms with Crippen LogP contribution in [0.25, 0.3) is 0 Å². The van der Waals surface area contributed by atoms with E-state index in [2.05, 4.69) is 25.7 Å². The summed E-state index contributed by atoms with van der Waals surface area (Å²) in [5, 5.41) is 0. The van der Waals surface area contributed by atoms with Gasteiger partial charge in [0.1, 0.15) is 12.5 Å². The molecule has 132 valence electrons. The molecule has 1 aliphatic heterocycles. The molecule has 5 heteroatoms. The number of hydrogen-bond acceptors (Lipinski definition) is 3. The van der Waals surface area contributed by atoms with Crippen LogP contribution in [0.1, 0.15) is 31.2 Å². The smallest absolute Gasteiger partial charge is 0.239 e. The van der Waals surface area contributed by atoms with Gasteiger partial charge >= 0.3 is 0 Å². The zero-order chi connectivity index (χ0) is 17.4. The summed E-state index contributed by atoms with van der Waals surface area (Å²) < 4.78 is 11.3. The first-order valence-electron chi connectivity index (χ1n) is 8.96. The fraction of sp³-hybridized carbons (Fsp3) is 0.632. The number of carbonyl (C=O) groups excluding carboxylic acids is 1. The molecule has 0 atom stereocenters. The van der Waals surface area contributed by atoms with E-state index in [0.717, 1.165) is 49.8 Å². The van der Waals surface area contributed by atoms with E-state index in [-0.39, 0.29) is 11.3 Å².